The van der Waals surface area contributed by atoms with E-state index in [9.17, 15) is 0 Å². The lowest BCUT2D eigenvalue weighted by atomic mass is 10.0. The molecule has 0 saturated heterocycles. The SMILES string of the molecule is C[C@H](CI)c1ccc(O)cc1. The molecule has 11 heavy (non-hydrogen) atoms. The molecule has 0 aliphatic carbocycles. The third kappa shape index (κ3) is 2.36. The molecule has 1 nitrogen and oxygen atoms in total. The molecule has 0 aliphatic heterocycles. The van der Waals surface area contributed by atoms with Crippen molar-refractivity contribution in [2.24, 2.45) is 0 Å². The lowest BCUT2D eigenvalue weighted by Gasteiger charge is -2.06. The predicted molar refractivity (Wildman–Crippen MR) is 55.4 cm³/mol. The van der Waals surface area contributed by atoms with Gasteiger partial charge in [0.15, 0.2) is 0 Å². The van der Waals surface area contributed by atoms with E-state index >= 15 is 0 Å². The van der Waals surface area contributed by atoms with Gasteiger partial charge in [-0.3, -0.25) is 0 Å². The van der Waals surface area contributed by atoms with E-state index in [-0.39, 0.29) is 0 Å². The Morgan fingerprint density at radius 1 is 1.36 bits per heavy atom. The Labute approximate surface area is 80.6 Å². The summed E-state index contributed by atoms with van der Waals surface area (Å²) in [6, 6.07) is 7.41. The van der Waals surface area contributed by atoms with Crippen molar-refractivity contribution in [1.82, 2.24) is 0 Å². The maximum absolute atomic E-state index is 9.01. The Kier molecular flexibility index (Phi) is 3.17. The van der Waals surface area contributed by atoms with E-state index in [1.807, 2.05) is 12.1 Å². The van der Waals surface area contributed by atoms with Crippen LogP contribution in [0.5, 0.6) is 5.75 Å². The second kappa shape index (κ2) is 3.95. The Morgan fingerprint density at radius 3 is 2.36 bits per heavy atom. The largest absolute Gasteiger partial charge is 0.508 e. The molecule has 1 atom stereocenters. The molecule has 1 N–H and O–H groups in total. The molecule has 0 unspecified atom stereocenters. The Morgan fingerprint density at radius 2 is 1.91 bits per heavy atom. The summed E-state index contributed by atoms with van der Waals surface area (Å²) in [5.41, 5.74) is 1.29. The van der Waals surface area contributed by atoms with Crippen LogP contribution in [0.1, 0.15) is 18.4 Å². The van der Waals surface area contributed by atoms with E-state index in [1.165, 1.54) is 5.56 Å². The second-order valence-electron chi connectivity index (χ2n) is 2.65. The minimum atomic E-state index is 0.342. The van der Waals surface area contributed by atoms with Crippen LogP contribution in [0.15, 0.2) is 24.3 Å². The van der Waals surface area contributed by atoms with Gasteiger partial charge in [0.1, 0.15) is 5.75 Å². The summed E-state index contributed by atoms with van der Waals surface area (Å²) in [5, 5.41) is 9.01. The first-order valence-electron chi connectivity index (χ1n) is 3.59. The Bertz CT molecular complexity index is 218. The van der Waals surface area contributed by atoms with Crippen LogP contribution in [0.2, 0.25) is 0 Å². The number of phenolic OH excluding ortho intramolecular Hbond substituents is 1. The molecule has 0 aromatic heterocycles. The number of phenols is 1. The standard InChI is InChI=1S/C9H11IO/c1-7(6-10)8-2-4-9(11)5-3-8/h2-5,7,11H,6H2,1H3/t7-/m1/s1. The second-order valence-corrected chi connectivity index (χ2v) is 3.53. The van der Waals surface area contributed by atoms with Crippen LogP contribution in [0, 0.1) is 0 Å². The molecule has 0 bridgehead atoms. The van der Waals surface area contributed by atoms with E-state index in [2.05, 4.69) is 29.5 Å². The number of alkyl halides is 1. The number of rotatable bonds is 2. The Balaban J connectivity index is 2.81. The highest BCUT2D eigenvalue weighted by Gasteiger charge is 2.01. The zero-order valence-electron chi connectivity index (χ0n) is 6.42. The zero-order chi connectivity index (χ0) is 8.27. The summed E-state index contributed by atoms with van der Waals surface area (Å²) in [6.45, 7) is 2.18. The van der Waals surface area contributed by atoms with Crippen molar-refractivity contribution in [3.05, 3.63) is 29.8 Å². The average molecular weight is 262 g/mol. The molecule has 0 fully saturated rings. The van der Waals surface area contributed by atoms with Crippen molar-refractivity contribution in [3.8, 4) is 5.75 Å². The van der Waals surface area contributed by atoms with Gasteiger partial charge in [0.25, 0.3) is 0 Å². The smallest absolute Gasteiger partial charge is 0.115 e. The van der Waals surface area contributed by atoms with Crippen LogP contribution in [0.4, 0.5) is 0 Å². The van der Waals surface area contributed by atoms with Crippen LogP contribution < -0.4 is 0 Å². The minimum absolute atomic E-state index is 0.342. The number of hydrogen-bond donors (Lipinski definition) is 1. The van der Waals surface area contributed by atoms with Gasteiger partial charge in [-0.2, -0.15) is 0 Å². The van der Waals surface area contributed by atoms with E-state index in [0.29, 0.717) is 11.7 Å². The molecule has 1 aromatic rings. The highest BCUT2D eigenvalue weighted by molar-refractivity contribution is 14.1. The van der Waals surface area contributed by atoms with Gasteiger partial charge < -0.3 is 5.11 Å². The van der Waals surface area contributed by atoms with Crippen molar-refractivity contribution in [1.29, 1.82) is 0 Å². The molecule has 0 heterocycles. The average Bonchev–Trinajstić information content (AvgIpc) is 2.05. The van der Waals surface area contributed by atoms with Gasteiger partial charge in [-0.1, -0.05) is 41.6 Å². The molecule has 0 spiro atoms. The van der Waals surface area contributed by atoms with Crippen LogP contribution >= 0.6 is 22.6 Å². The normalized spacial score (nSPS) is 12.9. The summed E-state index contributed by atoms with van der Waals surface area (Å²) >= 11 is 2.36. The monoisotopic (exact) mass is 262 g/mol. The zero-order valence-corrected chi connectivity index (χ0v) is 8.58. The molecule has 2 heteroatoms. The van der Waals surface area contributed by atoms with Crippen molar-refractivity contribution in [3.63, 3.8) is 0 Å². The van der Waals surface area contributed by atoms with Crippen molar-refractivity contribution in [2.75, 3.05) is 4.43 Å². The molecule has 0 radical (unpaired) electrons. The summed E-state index contributed by atoms with van der Waals surface area (Å²) in [6.07, 6.45) is 0. The summed E-state index contributed by atoms with van der Waals surface area (Å²) < 4.78 is 1.11. The maximum Gasteiger partial charge on any atom is 0.115 e. The molecule has 0 saturated carbocycles. The highest BCUT2D eigenvalue weighted by Crippen LogP contribution is 2.19. The summed E-state index contributed by atoms with van der Waals surface area (Å²) in [4.78, 5) is 0. The van der Waals surface area contributed by atoms with Crippen LogP contribution in [0.3, 0.4) is 0 Å². The molecule has 0 amide bonds. The third-order valence-corrected chi connectivity index (χ3v) is 3.01. The molecular weight excluding hydrogens is 251 g/mol. The molecule has 1 rings (SSSR count). The lowest BCUT2D eigenvalue weighted by molar-refractivity contribution is 0.475. The van der Waals surface area contributed by atoms with Gasteiger partial charge in [-0.05, 0) is 23.6 Å². The topological polar surface area (TPSA) is 20.2 Å². The van der Waals surface area contributed by atoms with E-state index < -0.39 is 0 Å². The molecule has 60 valence electrons. The molecule has 0 aliphatic rings. The van der Waals surface area contributed by atoms with Crippen molar-refractivity contribution >= 4 is 22.6 Å². The Hall–Kier alpha value is -0.250. The first-order chi connectivity index (χ1) is 5.24. The summed E-state index contributed by atoms with van der Waals surface area (Å²) in [7, 11) is 0. The van der Waals surface area contributed by atoms with E-state index in [4.69, 9.17) is 5.11 Å². The fraction of sp³-hybridized carbons (Fsp3) is 0.333. The number of halogens is 1. The lowest BCUT2D eigenvalue weighted by Crippen LogP contribution is -1.92. The fourth-order valence-corrected chi connectivity index (χ4v) is 1.40. The number of benzene rings is 1. The number of hydrogen-bond acceptors (Lipinski definition) is 1. The quantitative estimate of drug-likeness (QED) is 0.641. The molecular formula is C9H11IO. The van der Waals surface area contributed by atoms with Gasteiger partial charge in [0, 0.05) is 4.43 Å². The predicted octanol–water partition coefficient (Wildman–Crippen LogP) is 2.93. The van der Waals surface area contributed by atoms with E-state index in [0.717, 1.165) is 4.43 Å². The van der Waals surface area contributed by atoms with Gasteiger partial charge in [-0.15, -0.1) is 0 Å². The van der Waals surface area contributed by atoms with Gasteiger partial charge in [-0.25, -0.2) is 0 Å². The molecule has 1 aromatic carbocycles. The van der Waals surface area contributed by atoms with E-state index in [1.54, 1.807) is 12.1 Å². The van der Waals surface area contributed by atoms with Crippen molar-refractivity contribution in [2.45, 2.75) is 12.8 Å². The fourth-order valence-electron chi connectivity index (χ4n) is 0.892. The van der Waals surface area contributed by atoms with Gasteiger partial charge in [0.05, 0.1) is 0 Å². The minimum Gasteiger partial charge on any atom is -0.508 e. The van der Waals surface area contributed by atoms with Crippen molar-refractivity contribution < 1.29 is 5.11 Å². The van der Waals surface area contributed by atoms with Crippen LogP contribution in [-0.2, 0) is 0 Å². The first kappa shape index (κ1) is 8.84. The third-order valence-electron chi connectivity index (χ3n) is 1.69. The highest BCUT2D eigenvalue weighted by atomic mass is 127. The summed E-state index contributed by atoms with van der Waals surface area (Å²) in [5.74, 6) is 0.922. The maximum atomic E-state index is 9.01. The number of aromatic hydroxyl groups is 1. The van der Waals surface area contributed by atoms with Crippen LogP contribution in [-0.4, -0.2) is 9.53 Å². The van der Waals surface area contributed by atoms with Crippen LogP contribution in [0.25, 0.3) is 0 Å². The van der Waals surface area contributed by atoms with Gasteiger partial charge >= 0.3 is 0 Å². The first-order valence-corrected chi connectivity index (χ1v) is 5.11. The van der Waals surface area contributed by atoms with Gasteiger partial charge in [0.2, 0.25) is 0 Å².